The lowest BCUT2D eigenvalue weighted by Gasteiger charge is -2.07. The molecule has 0 fully saturated rings. The topological polar surface area (TPSA) is 62.6 Å². The van der Waals surface area contributed by atoms with Gasteiger partial charge in [-0.25, -0.2) is 4.98 Å². The summed E-state index contributed by atoms with van der Waals surface area (Å²) < 4.78 is 17.6. The Labute approximate surface area is 130 Å². The van der Waals surface area contributed by atoms with Crippen LogP contribution < -0.4 is 5.56 Å². The van der Waals surface area contributed by atoms with Gasteiger partial charge in [0.05, 0.1) is 45.9 Å². The van der Waals surface area contributed by atoms with E-state index in [1.807, 2.05) is 0 Å². The Hall–Kier alpha value is -0.950. The molecule has 1 rings (SSSR count). The van der Waals surface area contributed by atoms with Gasteiger partial charge < -0.3 is 14.2 Å². The Morgan fingerprint density at radius 3 is 2.33 bits per heavy atom. The molecule has 0 aliphatic heterocycles. The van der Waals surface area contributed by atoms with Crippen LogP contribution in [-0.4, -0.2) is 49.2 Å². The van der Waals surface area contributed by atoms with E-state index in [0.717, 1.165) is 19.4 Å². The lowest BCUT2D eigenvalue weighted by atomic mass is 10.4. The van der Waals surface area contributed by atoms with Crippen molar-refractivity contribution in [2.45, 2.75) is 26.3 Å². The Morgan fingerprint density at radius 1 is 1.10 bits per heavy atom. The van der Waals surface area contributed by atoms with Gasteiger partial charge in [-0.05, 0) is 6.42 Å². The van der Waals surface area contributed by atoms with Crippen LogP contribution in [0.5, 0.6) is 0 Å². The number of hydrogen-bond donors (Lipinski definition) is 0. The average Bonchev–Trinajstić information content (AvgIpc) is 2.46. The van der Waals surface area contributed by atoms with Gasteiger partial charge in [-0.1, -0.05) is 24.9 Å². The van der Waals surface area contributed by atoms with E-state index in [1.54, 1.807) is 0 Å². The molecule has 120 valence electrons. The Morgan fingerprint density at radius 2 is 1.71 bits per heavy atom. The van der Waals surface area contributed by atoms with E-state index in [9.17, 15) is 4.79 Å². The zero-order chi connectivity index (χ0) is 15.3. The first kappa shape index (κ1) is 18.1. The summed E-state index contributed by atoms with van der Waals surface area (Å²) in [6.45, 7) is 6.00. The SMILES string of the molecule is CCCCOCCOCCOCCn1cnc(Cl)cc1=O. The normalized spacial score (nSPS) is 11.0. The van der Waals surface area contributed by atoms with Crippen molar-refractivity contribution in [3.8, 4) is 0 Å². The second-order valence-corrected chi connectivity index (χ2v) is 4.82. The molecule has 0 aliphatic carbocycles. The molecular formula is C14H23ClN2O4. The van der Waals surface area contributed by atoms with Gasteiger partial charge in [0, 0.05) is 12.7 Å². The number of unbranched alkanes of at least 4 members (excludes halogenated alkanes) is 1. The molecule has 0 saturated carbocycles. The van der Waals surface area contributed by atoms with Gasteiger partial charge in [-0.3, -0.25) is 9.36 Å². The monoisotopic (exact) mass is 318 g/mol. The first-order chi connectivity index (χ1) is 10.2. The fourth-order valence-corrected chi connectivity index (χ4v) is 1.66. The smallest absolute Gasteiger partial charge is 0.254 e. The lowest BCUT2D eigenvalue weighted by Crippen LogP contribution is -2.22. The average molecular weight is 319 g/mol. The van der Waals surface area contributed by atoms with E-state index in [-0.39, 0.29) is 10.7 Å². The van der Waals surface area contributed by atoms with Crippen molar-refractivity contribution in [3.63, 3.8) is 0 Å². The van der Waals surface area contributed by atoms with Crippen LogP contribution in [-0.2, 0) is 20.8 Å². The number of ether oxygens (including phenoxy) is 3. The van der Waals surface area contributed by atoms with Crippen LogP contribution in [0.15, 0.2) is 17.2 Å². The zero-order valence-corrected chi connectivity index (χ0v) is 13.2. The molecule has 6 nitrogen and oxygen atoms in total. The summed E-state index contributed by atoms with van der Waals surface area (Å²) in [5.74, 6) is 0. The molecule has 0 amide bonds. The zero-order valence-electron chi connectivity index (χ0n) is 12.4. The predicted molar refractivity (Wildman–Crippen MR) is 80.9 cm³/mol. The minimum atomic E-state index is -0.181. The number of nitrogens with zero attached hydrogens (tertiary/aromatic N) is 2. The highest BCUT2D eigenvalue weighted by molar-refractivity contribution is 6.29. The van der Waals surface area contributed by atoms with Crippen molar-refractivity contribution < 1.29 is 14.2 Å². The fraction of sp³-hybridized carbons (Fsp3) is 0.714. The van der Waals surface area contributed by atoms with Crippen LogP contribution >= 0.6 is 11.6 Å². The van der Waals surface area contributed by atoms with Crippen molar-refractivity contribution >= 4 is 11.6 Å². The summed E-state index contributed by atoms with van der Waals surface area (Å²) in [6, 6.07) is 1.28. The maximum atomic E-state index is 11.5. The minimum Gasteiger partial charge on any atom is -0.379 e. The summed E-state index contributed by atoms with van der Waals surface area (Å²) >= 11 is 5.61. The van der Waals surface area contributed by atoms with Crippen molar-refractivity contribution in [2.24, 2.45) is 0 Å². The molecule has 1 aromatic heterocycles. The quantitative estimate of drug-likeness (QED) is 0.434. The highest BCUT2D eigenvalue weighted by atomic mass is 35.5. The van der Waals surface area contributed by atoms with E-state index in [0.29, 0.717) is 39.6 Å². The van der Waals surface area contributed by atoms with Gasteiger partial charge in [0.1, 0.15) is 5.15 Å². The first-order valence-corrected chi connectivity index (χ1v) is 7.57. The molecule has 21 heavy (non-hydrogen) atoms. The van der Waals surface area contributed by atoms with E-state index < -0.39 is 0 Å². The van der Waals surface area contributed by atoms with Crippen molar-refractivity contribution in [3.05, 3.63) is 27.9 Å². The molecule has 0 atom stereocenters. The lowest BCUT2D eigenvalue weighted by molar-refractivity contribution is 0.0126. The Bertz CT molecular complexity index is 439. The highest BCUT2D eigenvalue weighted by Crippen LogP contribution is 1.96. The summed E-state index contributed by atoms with van der Waals surface area (Å²) in [4.78, 5) is 15.3. The Balaban J connectivity index is 1.94. The molecule has 0 unspecified atom stereocenters. The number of halogens is 1. The summed E-state index contributed by atoms with van der Waals surface area (Å²) in [5.41, 5.74) is -0.181. The van der Waals surface area contributed by atoms with Gasteiger partial charge in [-0.2, -0.15) is 0 Å². The molecule has 7 heteroatoms. The molecule has 0 aromatic carbocycles. The fourth-order valence-electron chi connectivity index (χ4n) is 1.52. The number of hydrogen-bond acceptors (Lipinski definition) is 5. The molecule has 0 spiro atoms. The largest absolute Gasteiger partial charge is 0.379 e. The van der Waals surface area contributed by atoms with Crippen molar-refractivity contribution in [1.82, 2.24) is 9.55 Å². The number of rotatable bonds is 12. The van der Waals surface area contributed by atoms with E-state index >= 15 is 0 Å². The van der Waals surface area contributed by atoms with Crippen LogP contribution in [0.3, 0.4) is 0 Å². The standard InChI is InChI=1S/C14H23ClN2O4/c1-2-3-5-19-7-9-21-10-8-20-6-4-17-12-16-13(15)11-14(17)18/h11-12H,2-10H2,1H3. The maximum Gasteiger partial charge on any atom is 0.254 e. The molecule has 0 aliphatic rings. The molecular weight excluding hydrogens is 296 g/mol. The third-order valence-corrected chi connectivity index (χ3v) is 2.92. The van der Waals surface area contributed by atoms with E-state index in [1.165, 1.54) is 17.0 Å². The van der Waals surface area contributed by atoms with Crippen LogP contribution in [0.1, 0.15) is 19.8 Å². The van der Waals surface area contributed by atoms with Gasteiger partial charge in [0.25, 0.3) is 5.56 Å². The minimum absolute atomic E-state index is 0.181. The first-order valence-electron chi connectivity index (χ1n) is 7.19. The summed E-state index contributed by atoms with van der Waals surface area (Å²) in [5, 5.41) is 0.201. The maximum absolute atomic E-state index is 11.5. The van der Waals surface area contributed by atoms with Crippen molar-refractivity contribution in [2.75, 3.05) is 39.6 Å². The van der Waals surface area contributed by atoms with Gasteiger partial charge >= 0.3 is 0 Å². The molecule has 1 heterocycles. The van der Waals surface area contributed by atoms with E-state index in [4.69, 9.17) is 25.8 Å². The molecule has 0 bridgehead atoms. The third-order valence-electron chi connectivity index (χ3n) is 2.71. The van der Waals surface area contributed by atoms with Crippen molar-refractivity contribution in [1.29, 1.82) is 0 Å². The van der Waals surface area contributed by atoms with Crippen LogP contribution in [0, 0.1) is 0 Å². The van der Waals surface area contributed by atoms with Gasteiger partial charge in [0.2, 0.25) is 0 Å². The third kappa shape index (κ3) is 8.83. The molecule has 0 radical (unpaired) electrons. The predicted octanol–water partition coefficient (Wildman–Crippen LogP) is 1.75. The van der Waals surface area contributed by atoms with Gasteiger partial charge in [-0.15, -0.1) is 0 Å². The van der Waals surface area contributed by atoms with Crippen LogP contribution in [0.4, 0.5) is 0 Å². The van der Waals surface area contributed by atoms with Crippen LogP contribution in [0.2, 0.25) is 5.15 Å². The second-order valence-electron chi connectivity index (χ2n) is 4.43. The second kappa shape index (κ2) is 11.7. The Kier molecular flexibility index (Phi) is 10.1. The highest BCUT2D eigenvalue weighted by Gasteiger charge is 1.98. The summed E-state index contributed by atoms with van der Waals surface area (Å²) in [7, 11) is 0. The molecule has 0 N–H and O–H groups in total. The van der Waals surface area contributed by atoms with Crippen LogP contribution in [0.25, 0.3) is 0 Å². The molecule has 0 saturated heterocycles. The van der Waals surface area contributed by atoms with E-state index in [2.05, 4.69) is 11.9 Å². The number of aromatic nitrogens is 2. The molecule has 1 aromatic rings. The van der Waals surface area contributed by atoms with Gasteiger partial charge in [0.15, 0.2) is 0 Å². The summed E-state index contributed by atoms with van der Waals surface area (Å²) in [6.07, 6.45) is 3.64.